The summed E-state index contributed by atoms with van der Waals surface area (Å²) in [6.07, 6.45) is 3.11. The molecule has 1 aromatic carbocycles. The van der Waals surface area contributed by atoms with Gasteiger partial charge in [0.05, 0.1) is 6.10 Å². The van der Waals surface area contributed by atoms with Crippen molar-refractivity contribution < 1.29 is 9.52 Å². The molecule has 0 amide bonds. The summed E-state index contributed by atoms with van der Waals surface area (Å²) in [6, 6.07) is 9.09. The molecule has 0 bridgehead atoms. The molecule has 2 heterocycles. The number of nitrogens with zero attached hydrogens (tertiary/aromatic N) is 3. The highest BCUT2D eigenvalue weighted by atomic mass is 16.4. The van der Waals surface area contributed by atoms with Crippen LogP contribution in [-0.4, -0.2) is 34.5 Å². The average Bonchev–Trinajstić information content (AvgIpc) is 3.13. The zero-order chi connectivity index (χ0) is 15.2. The van der Waals surface area contributed by atoms with E-state index in [1.807, 2.05) is 6.92 Å². The van der Waals surface area contributed by atoms with Crippen molar-refractivity contribution in [2.75, 3.05) is 18.0 Å². The Balaban J connectivity index is 1.56. The number of aliphatic hydroxyl groups excluding tert-OH is 1. The molecule has 2 aliphatic rings. The second-order valence-corrected chi connectivity index (χ2v) is 6.35. The molecule has 0 radical (unpaired) electrons. The van der Waals surface area contributed by atoms with E-state index in [9.17, 15) is 5.11 Å². The summed E-state index contributed by atoms with van der Waals surface area (Å²) in [6.45, 7) is 3.70. The molecule has 1 atom stereocenters. The number of anilines is 1. The number of aryl methyl sites for hydroxylation is 1. The SMILES string of the molecule is CCc1nnc(N2CCC3(CC2)c2ccccc2C[C@@H]3O)o1. The Labute approximate surface area is 130 Å². The topological polar surface area (TPSA) is 62.4 Å². The van der Waals surface area contributed by atoms with Crippen LogP contribution in [0.4, 0.5) is 6.01 Å². The van der Waals surface area contributed by atoms with Gasteiger partial charge in [-0.3, -0.25) is 0 Å². The van der Waals surface area contributed by atoms with Crippen molar-refractivity contribution in [3.8, 4) is 0 Å². The Morgan fingerprint density at radius 1 is 1.27 bits per heavy atom. The quantitative estimate of drug-likeness (QED) is 0.920. The van der Waals surface area contributed by atoms with Crippen molar-refractivity contribution >= 4 is 6.01 Å². The largest absolute Gasteiger partial charge is 0.408 e. The predicted molar refractivity (Wildman–Crippen MR) is 83.0 cm³/mol. The first-order valence-electron chi connectivity index (χ1n) is 8.07. The molecule has 5 nitrogen and oxygen atoms in total. The van der Waals surface area contributed by atoms with Crippen LogP contribution in [0.15, 0.2) is 28.7 Å². The summed E-state index contributed by atoms with van der Waals surface area (Å²) < 4.78 is 5.66. The van der Waals surface area contributed by atoms with Gasteiger partial charge in [-0.1, -0.05) is 36.3 Å². The summed E-state index contributed by atoms with van der Waals surface area (Å²) in [5, 5.41) is 18.8. The van der Waals surface area contributed by atoms with E-state index in [0.717, 1.165) is 38.8 Å². The standard InChI is InChI=1S/C17H21N3O2/c1-2-15-18-19-16(22-15)20-9-7-17(8-10-20)13-6-4-3-5-12(13)11-14(17)21/h3-6,14,21H,2,7-11H2,1H3/t14-/m0/s1. The second kappa shape index (κ2) is 5.09. The fraction of sp³-hybridized carbons (Fsp3) is 0.529. The number of rotatable bonds is 2. The molecule has 22 heavy (non-hydrogen) atoms. The van der Waals surface area contributed by atoms with E-state index in [0.29, 0.717) is 11.9 Å². The van der Waals surface area contributed by atoms with Crippen LogP contribution in [0.5, 0.6) is 0 Å². The average molecular weight is 299 g/mol. The monoisotopic (exact) mass is 299 g/mol. The number of hydrogen-bond acceptors (Lipinski definition) is 5. The van der Waals surface area contributed by atoms with Gasteiger partial charge in [-0.15, -0.1) is 5.10 Å². The van der Waals surface area contributed by atoms with Gasteiger partial charge in [0.25, 0.3) is 0 Å². The van der Waals surface area contributed by atoms with Crippen LogP contribution in [0.25, 0.3) is 0 Å². The van der Waals surface area contributed by atoms with Crippen LogP contribution in [0.1, 0.15) is 36.8 Å². The molecule has 4 rings (SSSR count). The van der Waals surface area contributed by atoms with Gasteiger partial charge in [0, 0.05) is 24.9 Å². The Morgan fingerprint density at radius 2 is 2.05 bits per heavy atom. The van der Waals surface area contributed by atoms with Crippen LogP contribution in [0, 0.1) is 0 Å². The minimum Gasteiger partial charge on any atom is -0.408 e. The lowest BCUT2D eigenvalue weighted by Crippen LogP contribution is -2.47. The normalized spacial score (nSPS) is 23.0. The third-order valence-corrected chi connectivity index (χ3v) is 5.29. The molecule has 1 aliphatic heterocycles. The lowest BCUT2D eigenvalue weighted by molar-refractivity contribution is 0.0774. The molecular formula is C17H21N3O2. The maximum atomic E-state index is 10.7. The number of aliphatic hydroxyl groups is 1. The lowest BCUT2D eigenvalue weighted by atomic mass is 9.72. The van der Waals surface area contributed by atoms with Crippen molar-refractivity contribution in [1.29, 1.82) is 0 Å². The maximum absolute atomic E-state index is 10.7. The summed E-state index contributed by atoms with van der Waals surface area (Å²) in [4.78, 5) is 2.14. The lowest BCUT2D eigenvalue weighted by Gasteiger charge is -2.41. The first-order chi connectivity index (χ1) is 10.7. The Bertz CT molecular complexity index is 674. The Morgan fingerprint density at radius 3 is 2.77 bits per heavy atom. The molecule has 0 unspecified atom stereocenters. The number of benzene rings is 1. The molecule has 0 saturated carbocycles. The predicted octanol–water partition coefficient (Wildman–Crippen LogP) is 2.09. The van der Waals surface area contributed by atoms with Crippen LogP contribution in [-0.2, 0) is 18.3 Å². The third kappa shape index (κ3) is 1.96. The number of piperidine rings is 1. The molecule has 1 fully saturated rings. The van der Waals surface area contributed by atoms with E-state index in [1.54, 1.807) is 0 Å². The molecule has 1 aromatic heterocycles. The smallest absolute Gasteiger partial charge is 0.318 e. The summed E-state index contributed by atoms with van der Waals surface area (Å²) in [5.41, 5.74) is 2.54. The molecule has 1 saturated heterocycles. The minimum atomic E-state index is -0.277. The maximum Gasteiger partial charge on any atom is 0.318 e. The van der Waals surface area contributed by atoms with Crippen molar-refractivity contribution in [2.45, 2.75) is 44.1 Å². The summed E-state index contributed by atoms with van der Waals surface area (Å²) in [5.74, 6) is 0.682. The summed E-state index contributed by atoms with van der Waals surface area (Å²) in [7, 11) is 0. The third-order valence-electron chi connectivity index (χ3n) is 5.29. The molecule has 116 valence electrons. The van der Waals surface area contributed by atoms with Crippen molar-refractivity contribution in [2.24, 2.45) is 0 Å². The highest BCUT2D eigenvalue weighted by Crippen LogP contribution is 2.46. The number of aromatic nitrogens is 2. The Kier molecular flexibility index (Phi) is 3.18. The molecule has 5 heteroatoms. The van der Waals surface area contributed by atoms with Crippen molar-refractivity contribution in [1.82, 2.24) is 10.2 Å². The zero-order valence-corrected chi connectivity index (χ0v) is 12.8. The van der Waals surface area contributed by atoms with E-state index in [4.69, 9.17) is 4.42 Å². The molecule has 1 spiro atoms. The first kappa shape index (κ1) is 13.8. The van der Waals surface area contributed by atoms with Gasteiger partial charge in [-0.05, 0) is 30.4 Å². The van der Waals surface area contributed by atoms with Crippen LogP contribution in [0.2, 0.25) is 0 Å². The van der Waals surface area contributed by atoms with E-state index >= 15 is 0 Å². The summed E-state index contributed by atoms with van der Waals surface area (Å²) >= 11 is 0. The van der Waals surface area contributed by atoms with Crippen LogP contribution < -0.4 is 4.90 Å². The second-order valence-electron chi connectivity index (χ2n) is 6.35. The fourth-order valence-corrected chi connectivity index (χ4v) is 3.98. The van der Waals surface area contributed by atoms with Crippen molar-refractivity contribution in [3.05, 3.63) is 41.3 Å². The van der Waals surface area contributed by atoms with Gasteiger partial charge in [0.15, 0.2) is 0 Å². The van der Waals surface area contributed by atoms with Gasteiger partial charge in [0.1, 0.15) is 0 Å². The first-order valence-corrected chi connectivity index (χ1v) is 8.07. The fourth-order valence-electron chi connectivity index (χ4n) is 3.98. The van der Waals surface area contributed by atoms with E-state index in [1.165, 1.54) is 11.1 Å². The van der Waals surface area contributed by atoms with E-state index < -0.39 is 0 Å². The van der Waals surface area contributed by atoms with Gasteiger partial charge < -0.3 is 14.4 Å². The highest BCUT2D eigenvalue weighted by Gasteiger charge is 2.47. The van der Waals surface area contributed by atoms with Crippen LogP contribution >= 0.6 is 0 Å². The molecule has 1 aliphatic carbocycles. The van der Waals surface area contributed by atoms with Crippen LogP contribution in [0.3, 0.4) is 0 Å². The number of fused-ring (bicyclic) bond motifs is 2. The minimum absolute atomic E-state index is 0.0965. The number of hydrogen-bond donors (Lipinski definition) is 1. The Hall–Kier alpha value is -1.88. The molecular weight excluding hydrogens is 278 g/mol. The molecule has 1 N–H and O–H groups in total. The molecule has 2 aromatic rings. The van der Waals surface area contributed by atoms with E-state index in [-0.39, 0.29) is 11.5 Å². The highest BCUT2D eigenvalue weighted by molar-refractivity contribution is 5.43. The van der Waals surface area contributed by atoms with Gasteiger partial charge in [0.2, 0.25) is 5.89 Å². The zero-order valence-electron chi connectivity index (χ0n) is 12.8. The van der Waals surface area contributed by atoms with E-state index in [2.05, 4.69) is 39.4 Å². The van der Waals surface area contributed by atoms with Crippen molar-refractivity contribution in [3.63, 3.8) is 0 Å². The van der Waals surface area contributed by atoms with Gasteiger partial charge in [-0.25, -0.2) is 0 Å². The van der Waals surface area contributed by atoms with Gasteiger partial charge >= 0.3 is 6.01 Å². The van der Waals surface area contributed by atoms with Gasteiger partial charge in [-0.2, -0.15) is 0 Å².